The molecule has 0 bridgehead atoms. The minimum absolute atomic E-state index is 0.0316. The van der Waals surface area contributed by atoms with Crippen molar-refractivity contribution in [3.63, 3.8) is 0 Å². The lowest BCUT2D eigenvalue weighted by molar-refractivity contribution is 0.244. The van der Waals surface area contributed by atoms with E-state index in [0.717, 1.165) is 31.4 Å². The van der Waals surface area contributed by atoms with Gasteiger partial charge >= 0.3 is 6.03 Å². The average molecular weight is 272 g/mol. The largest absolute Gasteiger partial charge is 0.335 e. The highest BCUT2D eigenvalue weighted by molar-refractivity contribution is 5.90. The Kier molecular flexibility index (Phi) is 4.24. The zero-order chi connectivity index (χ0) is 13.8. The molecule has 2 aliphatic rings. The third-order valence-electron chi connectivity index (χ3n) is 4.58. The topological polar surface area (TPSA) is 41.1 Å². The predicted octanol–water partition coefficient (Wildman–Crippen LogP) is 4.02. The number of urea groups is 1. The second kappa shape index (κ2) is 6.29. The highest BCUT2D eigenvalue weighted by Gasteiger charge is 2.17. The summed E-state index contributed by atoms with van der Waals surface area (Å²) in [7, 11) is 0. The van der Waals surface area contributed by atoms with Crippen molar-refractivity contribution in [2.24, 2.45) is 0 Å². The van der Waals surface area contributed by atoms with Gasteiger partial charge in [-0.3, -0.25) is 0 Å². The summed E-state index contributed by atoms with van der Waals surface area (Å²) >= 11 is 0. The quantitative estimate of drug-likeness (QED) is 0.839. The van der Waals surface area contributed by atoms with Gasteiger partial charge in [0.2, 0.25) is 0 Å². The number of carbonyl (C=O) groups is 1. The Bertz CT molecular complexity index is 478. The lowest BCUT2D eigenvalue weighted by Crippen LogP contribution is -2.39. The molecule has 2 amide bonds. The van der Waals surface area contributed by atoms with Crippen molar-refractivity contribution >= 4 is 11.7 Å². The van der Waals surface area contributed by atoms with E-state index in [1.54, 1.807) is 0 Å². The number of hydrogen-bond acceptors (Lipinski definition) is 1. The molecule has 0 heterocycles. The third-order valence-corrected chi connectivity index (χ3v) is 4.58. The summed E-state index contributed by atoms with van der Waals surface area (Å²) in [6, 6.07) is 6.61. The maximum absolute atomic E-state index is 12.1. The lowest BCUT2D eigenvalue weighted by Gasteiger charge is -2.24. The molecular weight excluding hydrogens is 248 g/mol. The number of aryl methyl sites for hydroxylation is 1. The van der Waals surface area contributed by atoms with Gasteiger partial charge in [0.15, 0.2) is 0 Å². The number of benzene rings is 1. The van der Waals surface area contributed by atoms with E-state index in [1.807, 2.05) is 6.07 Å². The van der Waals surface area contributed by atoms with Crippen molar-refractivity contribution in [1.29, 1.82) is 0 Å². The van der Waals surface area contributed by atoms with Crippen molar-refractivity contribution in [2.45, 2.75) is 63.8 Å². The van der Waals surface area contributed by atoms with Crippen molar-refractivity contribution in [3.8, 4) is 0 Å². The van der Waals surface area contributed by atoms with Gasteiger partial charge in [0, 0.05) is 11.7 Å². The maximum Gasteiger partial charge on any atom is 0.319 e. The Morgan fingerprint density at radius 2 is 1.80 bits per heavy atom. The van der Waals surface area contributed by atoms with Crippen LogP contribution < -0.4 is 10.6 Å². The first-order chi connectivity index (χ1) is 9.83. The normalized spacial score (nSPS) is 19.2. The fraction of sp³-hybridized carbons (Fsp3) is 0.588. The van der Waals surface area contributed by atoms with Gasteiger partial charge in [0.25, 0.3) is 0 Å². The van der Waals surface area contributed by atoms with Gasteiger partial charge in [-0.15, -0.1) is 0 Å². The van der Waals surface area contributed by atoms with E-state index in [4.69, 9.17) is 0 Å². The van der Waals surface area contributed by atoms with Gasteiger partial charge in [0.1, 0.15) is 0 Å². The SMILES string of the molecule is O=C(Nc1cccc2c1CCCC2)NC1CCCCC1. The van der Waals surface area contributed by atoms with Crippen LogP contribution in [-0.2, 0) is 12.8 Å². The number of anilines is 1. The molecule has 108 valence electrons. The van der Waals surface area contributed by atoms with E-state index in [-0.39, 0.29) is 6.03 Å². The van der Waals surface area contributed by atoms with Gasteiger partial charge in [0.05, 0.1) is 0 Å². The monoisotopic (exact) mass is 272 g/mol. The van der Waals surface area contributed by atoms with E-state index in [2.05, 4.69) is 22.8 Å². The number of hydrogen-bond donors (Lipinski definition) is 2. The number of rotatable bonds is 2. The summed E-state index contributed by atoms with van der Waals surface area (Å²) < 4.78 is 0. The number of nitrogens with one attached hydrogen (secondary N) is 2. The molecule has 3 heteroatoms. The van der Waals surface area contributed by atoms with Crippen LogP contribution in [-0.4, -0.2) is 12.1 Å². The molecule has 3 rings (SSSR count). The highest BCUT2D eigenvalue weighted by Crippen LogP contribution is 2.27. The Hall–Kier alpha value is -1.51. The van der Waals surface area contributed by atoms with E-state index < -0.39 is 0 Å². The molecule has 2 N–H and O–H groups in total. The standard InChI is InChI=1S/C17H24N2O/c20-17(18-14-9-2-1-3-10-14)19-16-12-6-8-13-7-4-5-11-15(13)16/h6,8,12,14H,1-5,7,9-11H2,(H2,18,19,20). The van der Waals surface area contributed by atoms with Crippen LogP contribution in [0.25, 0.3) is 0 Å². The zero-order valence-corrected chi connectivity index (χ0v) is 12.1. The lowest BCUT2D eigenvalue weighted by atomic mass is 9.90. The molecule has 1 saturated carbocycles. The minimum atomic E-state index is -0.0316. The molecule has 1 aromatic rings. The van der Waals surface area contributed by atoms with E-state index in [1.165, 1.54) is 43.2 Å². The van der Waals surface area contributed by atoms with Crippen LogP contribution >= 0.6 is 0 Å². The molecule has 0 aliphatic heterocycles. The molecule has 0 saturated heterocycles. The van der Waals surface area contributed by atoms with Crippen molar-refractivity contribution in [2.75, 3.05) is 5.32 Å². The van der Waals surface area contributed by atoms with Crippen LogP contribution in [0.1, 0.15) is 56.1 Å². The molecule has 3 nitrogen and oxygen atoms in total. The number of amides is 2. The Morgan fingerprint density at radius 1 is 1.00 bits per heavy atom. The van der Waals surface area contributed by atoms with Crippen LogP contribution in [0, 0.1) is 0 Å². The second-order valence-electron chi connectivity index (χ2n) is 6.08. The molecule has 0 aromatic heterocycles. The first-order valence-electron chi connectivity index (χ1n) is 8.01. The van der Waals surface area contributed by atoms with Crippen LogP contribution in [0.4, 0.5) is 10.5 Å². The highest BCUT2D eigenvalue weighted by atomic mass is 16.2. The molecule has 1 aromatic carbocycles. The maximum atomic E-state index is 12.1. The molecule has 0 radical (unpaired) electrons. The van der Waals surface area contributed by atoms with Crippen LogP contribution in [0.15, 0.2) is 18.2 Å². The first-order valence-corrected chi connectivity index (χ1v) is 8.01. The van der Waals surface area contributed by atoms with Crippen molar-refractivity contribution in [3.05, 3.63) is 29.3 Å². The van der Waals surface area contributed by atoms with Gasteiger partial charge < -0.3 is 10.6 Å². The van der Waals surface area contributed by atoms with Crippen LogP contribution in [0.5, 0.6) is 0 Å². The predicted molar refractivity (Wildman–Crippen MR) is 82.1 cm³/mol. The van der Waals surface area contributed by atoms with Crippen molar-refractivity contribution < 1.29 is 4.79 Å². The van der Waals surface area contributed by atoms with Crippen LogP contribution in [0.2, 0.25) is 0 Å². The summed E-state index contributed by atoms with van der Waals surface area (Å²) in [5.74, 6) is 0. The Balaban J connectivity index is 1.63. The van der Waals surface area contributed by atoms with Gasteiger partial charge in [-0.1, -0.05) is 31.4 Å². The Labute approximate surface area is 121 Å². The summed E-state index contributed by atoms with van der Waals surface area (Å²) in [5, 5.41) is 6.19. The van der Waals surface area contributed by atoms with E-state index in [9.17, 15) is 4.79 Å². The molecular formula is C17H24N2O. The van der Waals surface area contributed by atoms with Gasteiger partial charge in [-0.05, 0) is 55.7 Å². The third kappa shape index (κ3) is 3.14. The fourth-order valence-corrected chi connectivity index (χ4v) is 3.49. The second-order valence-corrected chi connectivity index (χ2v) is 6.08. The number of fused-ring (bicyclic) bond motifs is 1. The minimum Gasteiger partial charge on any atom is -0.335 e. The average Bonchev–Trinajstić information content (AvgIpc) is 2.48. The Morgan fingerprint density at radius 3 is 2.65 bits per heavy atom. The van der Waals surface area contributed by atoms with Gasteiger partial charge in [-0.25, -0.2) is 4.79 Å². The summed E-state index contributed by atoms with van der Waals surface area (Å²) in [6.07, 6.45) is 10.8. The summed E-state index contributed by atoms with van der Waals surface area (Å²) in [5.41, 5.74) is 3.76. The fourth-order valence-electron chi connectivity index (χ4n) is 3.49. The summed E-state index contributed by atoms with van der Waals surface area (Å²) in [6.45, 7) is 0. The molecule has 1 fully saturated rings. The molecule has 20 heavy (non-hydrogen) atoms. The smallest absolute Gasteiger partial charge is 0.319 e. The van der Waals surface area contributed by atoms with E-state index in [0.29, 0.717) is 6.04 Å². The molecule has 0 unspecified atom stereocenters. The van der Waals surface area contributed by atoms with Gasteiger partial charge in [-0.2, -0.15) is 0 Å². The zero-order valence-electron chi connectivity index (χ0n) is 12.1. The first kappa shape index (κ1) is 13.5. The van der Waals surface area contributed by atoms with E-state index >= 15 is 0 Å². The number of carbonyl (C=O) groups excluding carboxylic acids is 1. The molecule has 0 spiro atoms. The molecule has 0 atom stereocenters. The summed E-state index contributed by atoms with van der Waals surface area (Å²) in [4.78, 5) is 12.1. The molecule has 2 aliphatic carbocycles. The van der Waals surface area contributed by atoms with Crippen LogP contribution in [0.3, 0.4) is 0 Å². The van der Waals surface area contributed by atoms with Crippen molar-refractivity contribution in [1.82, 2.24) is 5.32 Å².